The van der Waals surface area contributed by atoms with E-state index in [1.807, 2.05) is 24.3 Å². The Morgan fingerprint density at radius 2 is 1.81 bits per heavy atom. The van der Waals surface area contributed by atoms with Gasteiger partial charge in [0.1, 0.15) is 29.1 Å². The first-order valence-electron chi connectivity index (χ1n) is 13.0. The van der Waals surface area contributed by atoms with Crippen LogP contribution in [0.4, 0.5) is 4.39 Å². The lowest BCUT2D eigenvalue weighted by Crippen LogP contribution is -2.26. The van der Waals surface area contributed by atoms with Crippen molar-refractivity contribution in [3.8, 4) is 23.0 Å². The van der Waals surface area contributed by atoms with Gasteiger partial charge in [0.25, 0.3) is 0 Å². The van der Waals surface area contributed by atoms with Crippen LogP contribution < -0.4 is 14.2 Å². The van der Waals surface area contributed by atoms with Crippen LogP contribution in [0.25, 0.3) is 11.1 Å². The smallest absolute Gasteiger partial charge is 0.130 e. The van der Waals surface area contributed by atoms with Crippen LogP contribution in [0.15, 0.2) is 60.7 Å². The van der Waals surface area contributed by atoms with E-state index in [0.717, 1.165) is 71.8 Å². The lowest BCUT2D eigenvalue weighted by molar-refractivity contribution is 0.198. The molecule has 0 amide bonds. The lowest BCUT2D eigenvalue weighted by atomic mass is 9.86. The summed E-state index contributed by atoms with van der Waals surface area (Å²) in [5.74, 6) is 2.52. The fourth-order valence-electron chi connectivity index (χ4n) is 5.36. The van der Waals surface area contributed by atoms with E-state index in [4.69, 9.17) is 14.2 Å². The number of likely N-dealkylation sites (tertiary alicyclic amines) is 1. The zero-order chi connectivity index (χ0) is 25.8. The molecule has 3 aromatic carbocycles. The van der Waals surface area contributed by atoms with E-state index >= 15 is 0 Å². The summed E-state index contributed by atoms with van der Waals surface area (Å²) in [6.45, 7) is 4.91. The topological polar surface area (TPSA) is 51.2 Å². The average Bonchev–Trinajstić information content (AvgIpc) is 3.27. The Balaban J connectivity index is 1.49. The normalized spacial score (nSPS) is 17.8. The number of ether oxygens (including phenoxy) is 3. The summed E-state index contributed by atoms with van der Waals surface area (Å²) in [5.41, 5.74) is 6.58. The number of methoxy groups -OCH3 is 1. The maximum atomic E-state index is 12.5. The molecular formula is C31H34FNO4. The maximum absolute atomic E-state index is 12.5. The molecule has 6 heteroatoms. The van der Waals surface area contributed by atoms with Crippen LogP contribution in [-0.4, -0.2) is 56.1 Å². The van der Waals surface area contributed by atoms with Crippen molar-refractivity contribution in [3.63, 3.8) is 0 Å². The van der Waals surface area contributed by atoms with E-state index in [-0.39, 0.29) is 18.5 Å². The minimum absolute atomic E-state index is 0.122. The fraction of sp³-hybridized carbons (Fsp3) is 0.355. The highest BCUT2D eigenvalue weighted by atomic mass is 19.1. The Morgan fingerprint density at radius 3 is 2.57 bits per heavy atom. The van der Waals surface area contributed by atoms with E-state index < -0.39 is 0 Å². The van der Waals surface area contributed by atoms with Crippen LogP contribution in [0.1, 0.15) is 41.5 Å². The average molecular weight is 504 g/mol. The molecule has 37 heavy (non-hydrogen) atoms. The van der Waals surface area contributed by atoms with Crippen LogP contribution in [0, 0.1) is 6.92 Å². The zero-order valence-corrected chi connectivity index (χ0v) is 21.5. The molecule has 0 aromatic heterocycles. The van der Waals surface area contributed by atoms with Crippen molar-refractivity contribution in [2.75, 3.05) is 40.0 Å². The molecular weight excluding hydrogens is 469 g/mol. The summed E-state index contributed by atoms with van der Waals surface area (Å²) >= 11 is 0. The number of halogens is 1. The maximum Gasteiger partial charge on any atom is 0.130 e. The van der Waals surface area contributed by atoms with Gasteiger partial charge >= 0.3 is 0 Å². The Morgan fingerprint density at radius 1 is 1.03 bits per heavy atom. The van der Waals surface area contributed by atoms with Crippen molar-refractivity contribution < 1.29 is 23.7 Å². The molecule has 3 aromatic rings. The first kappa shape index (κ1) is 25.2. The molecule has 0 unspecified atom stereocenters. The summed E-state index contributed by atoms with van der Waals surface area (Å²) < 4.78 is 30.3. The third-order valence-electron chi connectivity index (χ3n) is 7.19. The Kier molecular flexibility index (Phi) is 7.65. The Bertz CT molecular complexity index is 1270. The van der Waals surface area contributed by atoms with Gasteiger partial charge in [-0.1, -0.05) is 18.2 Å². The van der Waals surface area contributed by atoms with Crippen molar-refractivity contribution in [1.29, 1.82) is 0 Å². The van der Waals surface area contributed by atoms with E-state index in [0.29, 0.717) is 18.8 Å². The summed E-state index contributed by atoms with van der Waals surface area (Å²) in [4.78, 5) is 2.27. The standard InChI is InChI=1S/C31H34FNO4/c1-21-18-25(35-2)9-11-27(21)28-13-17-36-30-19-23(34)6-10-29(30)31(28)22-4-7-24(8-5-22)37-26-12-16-33(20-26)15-3-14-32/h4-11,18-19,26,34H,3,12-17,20H2,1-2H3/t26-/m0/s1. The van der Waals surface area contributed by atoms with Crippen molar-refractivity contribution in [1.82, 2.24) is 4.90 Å². The number of rotatable bonds is 8. The molecule has 1 atom stereocenters. The number of aromatic hydroxyl groups is 1. The summed E-state index contributed by atoms with van der Waals surface area (Å²) in [7, 11) is 1.68. The number of phenols is 1. The van der Waals surface area contributed by atoms with Crippen molar-refractivity contribution in [2.45, 2.75) is 32.3 Å². The van der Waals surface area contributed by atoms with E-state index in [9.17, 15) is 9.50 Å². The summed E-state index contributed by atoms with van der Waals surface area (Å²) in [6.07, 6.45) is 2.38. The van der Waals surface area contributed by atoms with Gasteiger partial charge in [-0.25, -0.2) is 0 Å². The van der Waals surface area contributed by atoms with Crippen LogP contribution in [0.5, 0.6) is 23.0 Å². The second kappa shape index (κ2) is 11.3. The molecule has 1 saturated heterocycles. The number of hydrogen-bond acceptors (Lipinski definition) is 5. The van der Waals surface area contributed by atoms with Gasteiger partial charge in [-0.2, -0.15) is 0 Å². The van der Waals surface area contributed by atoms with Gasteiger partial charge < -0.3 is 19.3 Å². The highest BCUT2D eigenvalue weighted by Gasteiger charge is 2.25. The van der Waals surface area contributed by atoms with Crippen LogP contribution in [-0.2, 0) is 0 Å². The van der Waals surface area contributed by atoms with Gasteiger partial charge in [-0.15, -0.1) is 0 Å². The number of alkyl halides is 1. The largest absolute Gasteiger partial charge is 0.508 e. The number of fused-ring (bicyclic) bond motifs is 1. The van der Waals surface area contributed by atoms with Crippen LogP contribution >= 0.6 is 0 Å². The number of nitrogens with zero attached hydrogens (tertiary/aromatic N) is 1. The molecule has 0 spiro atoms. The Labute approximate surface area is 218 Å². The Hall–Kier alpha value is -3.51. The molecule has 1 N–H and O–H groups in total. The summed E-state index contributed by atoms with van der Waals surface area (Å²) in [6, 6.07) is 19.7. The first-order valence-corrected chi connectivity index (χ1v) is 13.0. The van der Waals surface area contributed by atoms with Gasteiger partial charge in [-0.3, -0.25) is 9.29 Å². The highest BCUT2D eigenvalue weighted by molar-refractivity contribution is 6.01. The molecule has 2 aliphatic rings. The predicted octanol–water partition coefficient (Wildman–Crippen LogP) is 6.26. The molecule has 0 aliphatic carbocycles. The van der Waals surface area contributed by atoms with Crippen LogP contribution in [0.3, 0.4) is 0 Å². The van der Waals surface area contributed by atoms with E-state index in [1.54, 1.807) is 19.2 Å². The SMILES string of the molecule is COc1ccc(C2=C(c3ccc(O[C@H]4CCN(CCCF)C4)cc3)c3ccc(O)cc3OCC2)c(C)c1. The number of phenolic OH excluding ortho intramolecular Hbond substituents is 1. The monoisotopic (exact) mass is 503 g/mol. The van der Waals surface area contributed by atoms with Gasteiger partial charge in [0, 0.05) is 37.7 Å². The van der Waals surface area contributed by atoms with Gasteiger partial charge in [0.2, 0.25) is 0 Å². The number of benzene rings is 3. The van der Waals surface area contributed by atoms with Crippen molar-refractivity contribution >= 4 is 11.1 Å². The van der Waals surface area contributed by atoms with Gasteiger partial charge in [0.05, 0.1) is 20.4 Å². The van der Waals surface area contributed by atoms with Gasteiger partial charge in [-0.05, 0) is 84.0 Å². The molecule has 194 valence electrons. The minimum Gasteiger partial charge on any atom is -0.508 e. The first-order chi connectivity index (χ1) is 18.1. The number of hydrogen-bond donors (Lipinski definition) is 1. The minimum atomic E-state index is -0.273. The second-order valence-corrected chi connectivity index (χ2v) is 9.71. The molecule has 0 bridgehead atoms. The summed E-state index contributed by atoms with van der Waals surface area (Å²) in [5, 5.41) is 10.1. The third-order valence-corrected chi connectivity index (χ3v) is 7.19. The van der Waals surface area contributed by atoms with Gasteiger partial charge in [0.15, 0.2) is 0 Å². The molecule has 5 rings (SSSR count). The third kappa shape index (κ3) is 5.59. The second-order valence-electron chi connectivity index (χ2n) is 9.71. The highest BCUT2D eigenvalue weighted by Crippen LogP contribution is 2.43. The quantitative estimate of drug-likeness (QED) is 0.393. The van der Waals surface area contributed by atoms with Crippen LogP contribution in [0.2, 0.25) is 0 Å². The lowest BCUT2D eigenvalue weighted by Gasteiger charge is -2.19. The zero-order valence-electron chi connectivity index (χ0n) is 21.5. The van der Waals surface area contributed by atoms with E-state index in [2.05, 4.69) is 36.1 Å². The van der Waals surface area contributed by atoms with E-state index in [1.165, 1.54) is 5.57 Å². The number of aryl methyl sites for hydroxylation is 1. The molecule has 1 fully saturated rings. The molecule has 0 saturated carbocycles. The molecule has 2 aliphatic heterocycles. The fourth-order valence-corrected chi connectivity index (χ4v) is 5.36. The molecule has 2 heterocycles. The van der Waals surface area contributed by atoms with Crippen molar-refractivity contribution in [2.24, 2.45) is 0 Å². The van der Waals surface area contributed by atoms with Crippen molar-refractivity contribution in [3.05, 3.63) is 82.9 Å². The molecule has 0 radical (unpaired) electrons. The molecule has 5 nitrogen and oxygen atoms in total. The predicted molar refractivity (Wildman–Crippen MR) is 144 cm³/mol.